The molecule has 148 valence electrons. The Bertz CT molecular complexity index is 1350. The van der Waals surface area contributed by atoms with Gasteiger partial charge in [0.1, 0.15) is 5.60 Å². The molecule has 30 heavy (non-hydrogen) atoms. The zero-order chi connectivity index (χ0) is 20.7. The van der Waals surface area contributed by atoms with E-state index in [4.69, 9.17) is 6.42 Å². The van der Waals surface area contributed by atoms with Gasteiger partial charge in [-0.2, -0.15) is 0 Å². The maximum Gasteiger partial charge on any atom is 0.125 e. The van der Waals surface area contributed by atoms with Gasteiger partial charge in [0, 0.05) is 0 Å². The van der Waals surface area contributed by atoms with Crippen LogP contribution in [0.4, 0.5) is 0 Å². The van der Waals surface area contributed by atoms with Crippen LogP contribution in [0.5, 0.6) is 0 Å². The molecule has 1 heteroatoms. The molecule has 0 saturated heterocycles. The smallest absolute Gasteiger partial charge is 0.125 e. The first-order chi connectivity index (χ1) is 14.6. The van der Waals surface area contributed by atoms with E-state index in [1.807, 2.05) is 0 Å². The summed E-state index contributed by atoms with van der Waals surface area (Å²) in [7, 11) is 0. The van der Waals surface area contributed by atoms with Crippen molar-refractivity contribution < 1.29 is 5.11 Å². The molecule has 6 rings (SSSR count). The van der Waals surface area contributed by atoms with E-state index in [0.29, 0.717) is 0 Å². The average molecular weight is 391 g/mol. The lowest BCUT2D eigenvalue weighted by atomic mass is 9.86. The number of rotatable bonds is 0. The lowest BCUT2D eigenvalue weighted by Crippen LogP contribution is -2.28. The average Bonchev–Trinajstić information content (AvgIpc) is 2.79. The van der Waals surface area contributed by atoms with E-state index in [1.165, 1.54) is 55.1 Å². The van der Waals surface area contributed by atoms with Crippen molar-refractivity contribution in [1.82, 2.24) is 0 Å². The summed E-state index contributed by atoms with van der Waals surface area (Å²) in [4.78, 5) is 0. The number of benzene rings is 5. The Kier molecular flexibility index (Phi) is 4.61. The zero-order valence-electron chi connectivity index (χ0n) is 17.4. The second kappa shape index (κ2) is 7.31. The maximum absolute atomic E-state index is 9.44. The molecule has 0 aromatic heterocycles. The molecule has 0 atom stereocenters. The molecule has 1 nitrogen and oxygen atoms in total. The predicted molar refractivity (Wildman–Crippen MR) is 129 cm³/mol. The lowest BCUT2D eigenvalue weighted by molar-refractivity contribution is 0.0612. The van der Waals surface area contributed by atoms with Gasteiger partial charge in [-0.25, -0.2) is 0 Å². The number of fused-ring (bicyclic) bond motifs is 2. The van der Waals surface area contributed by atoms with Crippen molar-refractivity contribution in [2.75, 3.05) is 0 Å². The van der Waals surface area contributed by atoms with Crippen LogP contribution in [0.3, 0.4) is 0 Å². The van der Waals surface area contributed by atoms with Gasteiger partial charge in [0.25, 0.3) is 0 Å². The maximum atomic E-state index is 9.44. The molecular formula is C29H26O. The molecule has 5 aromatic carbocycles. The van der Waals surface area contributed by atoms with E-state index in [0.717, 1.165) is 25.7 Å². The fraction of sp³-hybridized carbons (Fsp3) is 0.241. The number of aryl methyl sites for hydroxylation is 1. The minimum absolute atomic E-state index is 0.752. The Morgan fingerprint density at radius 2 is 1.23 bits per heavy atom. The minimum Gasteiger partial charge on any atom is -0.378 e. The molecule has 0 unspecified atom stereocenters. The fourth-order valence-corrected chi connectivity index (χ4v) is 5.07. The standard InChI is InChI=1S/C21H14.C8H12O/c1-13-11-12-19-17-9-3-6-14-5-2-8-16(20(14)17)18-10-4-7-15(13)21(18)19;1-2-8(9)6-4-3-5-7-8/h2-12H,1H3;1,9H,3-7H2. The Morgan fingerprint density at radius 3 is 1.83 bits per heavy atom. The number of hydrogen-bond donors (Lipinski definition) is 1. The van der Waals surface area contributed by atoms with Crippen molar-refractivity contribution in [1.29, 1.82) is 0 Å². The van der Waals surface area contributed by atoms with Crippen LogP contribution in [0.2, 0.25) is 0 Å². The highest BCUT2D eigenvalue weighted by atomic mass is 16.3. The van der Waals surface area contributed by atoms with E-state index in [9.17, 15) is 5.11 Å². The van der Waals surface area contributed by atoms with Gasteiger partial charge in [0.2, 0.25) is 0 Å². The highest BCUT2D eigenvalue weighted by Gasteiger charge is 2.25. The molecule has 0 amide bonds. The second-order valence-electron chi connectivity index (χ2n) is 8.60. The van der Waals surface area contributed by atoms with E-state index in [1.54, 1.807) is 0 Å². The predicted octanol–water partition coefficient (Wildman–Crippen LogP) is 7.36. The normalized spacial score (nSPS) is 15.9. The summed E-state index contributed by atoms with van der Waals surface area (Å²) in [6, 6.07) is 24.5. The number of terminal acetylenes is 1. The Labute approximate surface area is 177 Å². The third kappa shape index (κ3) is 3.00. The van der Waals surface area contributed by atoms with E-state index >= 15 is 0 Å². The molecule has 1 N–H and O–H groups in total. The summed E-state index contributed by atoms with van der Waals surface area (Å²) in [6.45, 7) is 2.20. The highest BCUT2D eigenvalue weighted by molar-refractivity contribution is 6.33. The van der Waals surface area contributed by atoms with Crippen LogP contribution in [0, 0.1) is 19.3 Å². The quantitative estimate of drug-likeness (QED) is 0.166. The van der Waals surface area contributed by atoms with Crippen LogP contribution in [-0.4, -0.2) is 10.7 Å². The van der Waals surface area contributed by atoms with Crippen molar-refractivity contribution in [3.63, 3.8) is 0 Å². The van der Waals surface area contributed by atoms with Gasteiger partial charge in [-0.15, -0.1) is 6.42 Å². The summed E-state index contributed by atoms with van der Waals surface area (Å²) >= 11 is 0. The van der Waals surface area contributed by atoms with Crippen molar-refractivity contribution in [2.24, 2.45) is 0 Å². The minimum atomic E-state index is -0.752. The van der Waals surface area contributed by atoms with Gasteiger partial charge < -0.3 is 5.11 Å². The van der Waals surface area contributed by atoms with Crippen LogP contribution in [0.25, 0.3) is 43.1 Å². The van der Waals surface area contributed by atoms with Crippen molar-refractivity contribution >= 4 is 43.1 Å². The van der Waals surface area contributed by atoms with Gasteiger partial charge in [0.15, 0.2) is 0 Å². The first-order valence-corrected chi connectivity index (χ1v) is 10.9. The topological polar surface area (TPSA) is 20.2 Å². The Balaban J connectivity index is 0.000000182. The molecule has 1 fully saturated rings. The van der Waals surface area contributed by atoms with Gasteiger partial charge >= 0.3 is 0 Å². The second-order valence-corrected chi connectivity index (χ2v) is 8.60. The molecule has 1 aliphatic rings. The van der Waals surface area contributed by atoms with Crippen LogP contribution < -0.4 is 0 Å². The number of hydrogen-bond acceptors (Lipinski definition) is 1. The Hall–Kier alpha value is -3.08. The van der Waals surface area contributed by atoms with E-state index < -0.39 is 5.60 Å². The van der Waals surface area contributed by atoms with E-state index in [-0.39, 0.29) is 0 Å². The van der Waals surface area contributed by atoms with Gasteiger partial charge in [-0.05, 0) is 81.3 Å². The van der Waals surface area contributed by atoms with Gasteiger partial charge in [-0.1, -0.05) is 79.1 Å². The van der Waals surface area contributed by atoms with Crippen LogP contribution in [0.15, 0.2) is 66.7 Å². The molecule has 0 radical (unpaired) electrons. The molecule has 0 bridgehead atoms. The van der Waals surface area contributed by atoms with E-state index in [2.05, 4.69) is 79.6 Å². The fourth-order valence-electron chi connectivity index (χ4n) is 5.07. The highest BCUT2D eigenvalue weighted by Crippen LogP contribution is 2.40. The van der Waals surface area contributed by atoms with Crippen LogP contribution in [0.1, 0.15) is 37.7 Å². The van der Waals surface area contributed by atoms with Crippen LogP contribution in [-0.2, 0) is 0 Å². The summed E-state index contributed by atoms with van der Waals surface area (Å²) < 4.78 is 0. The molecule has 1 saturated carbocycles. The van der Waals surface area contributed by atoms with Crippen molar-refractivity contribution in [3.8, 4) is 12.3 Å². The molecule has 0 spiro atoms. The lowest BCUT2D eigenvalue weighted by Gasteiger charge is -2.26. The first-order valence-electron chi connectivity index (χ1n) is 10.9. The summed E-state index contributed by atoms with van der Waals surface area (Å²) in [6.07, 6.45) is 10.1. The summed E-state index contributed by atoms with van der Waals surface area (Å²) in [5.41, 5.74) is 0.597. The largest absolute Gasteiger partial charge is 0.378 e. The summed E-state index contributed by atoms with van der Waals surface area (Å²) in [5, 5.41) is 20.4. The first kappa shape index (κ1) is 18.9. The SMILES string of the molecule is C#CC1(O)CCCCC1.Cc1ccc2c3cccc4cccc(c5cccc1c52)c43. The van der Waals surface area contributed by atoms with Gasteiger partial charge in [0.05, 0.1) is 0 Å². The zero-order valence-corrected chi connectivity index (χ0v) is 17.4. The molecular weight excluding hydrogens is 364 g/mol. The number of aliphatic hydroxyl groups is 1. The summed E-state index contributed by atoms with van der Waals surface area (Å²) in [5.74, 6) is 2.44. The third-order valence-corrected chi connectivity index (χ3v) is 6.69. The third-order valence-electron chi connectivity index (χ3n) is 6.69. The Morgan fingerprint density at radius 1 is 0.700 bits per heavy atom. The van der Waals surface area contributed by atoms with Crippen molar-refractivity contribution in [2.45, 2.75) is 44.6 Å². The molecule has 5 aromatic rings. The molecule has 0 aliphatic heterocycles. The monoisotopic (exact) mass is 390 g/mol. The molecule has 0 heterocycles. The molecule has 1 aliphatic carbocycles. The van der Waals surface area contributed by atoms with Crippen molar-refractivity contribution in [3.05, 3.63) is 72.3 Å². The van der Waals surface area contributed by atoms with Gasteiger partial charge in [-0.3, -0.25) is 0 Å². The van der Waals surface area contributed by atoms with Crippen LogP contribution >= 0.6 is 0 Å².